The quantitative estimate of drug-likeness (QED) is 0.408. The monoisotopic (exact) mass is 532 g/mol. The van der Waals surface area contributed by atoms with Crippen LogP contribution in [-0.2, 0) is 28.5 Å². The molecule has 0 aromatic heterocycles. The van der Waals surface area contributed by atoms with Crippen LogP contribution in [0.5, 0.6) is 0 Å². The third-order valence-electron chi connectivity index (χ3n) is 12.5. The summed E-state index contributed by atoms with van der Waals surface area (Å²) in [5.74, 6) is 1.75. The largest absolute Gasteiger partial charge is 0.458 e. The normalized spacial score (nSPS) is 52.5. The van der Waals surface area contributed by atoms with Crippen LogP contribution in [-0.4, -0.2) is 68.7 Å². The van der Waals surface area contributed by atoms with Crippen molar-refractivity contribution in [2.75, 3.05) is 27.4 Å². The van der Waals surface area contributed by atoms with Gasteiger partial charge in [-0.1, -0.05) is 20.8 Å². The molecule has 4 saturated carbocycles. The Kier molecular flexibility index (Phi) is 7.03. The molecule has 0 amide bonds. The molecule has 0 aromatic carbocycles. The molecular formula is C31H48O7. The van der Waals surface area contributed by atoms with Crippen LogP contribution in [0.15, 0.2) is 11.6 Å². The maximum Gasteiger partial charge on any atom is 0.331 e. The van der Waals surface area contributed by atoms with E-state index in [1.54, 1.807) is 20.3 Å². The van der Waals surface area contributed by atoms with Crippen LogP contribution >= 0.6 is 0 Å². The van der Waals surface area contributed by atoms with E-state index in [0.717, 1.165) is 63.4 Å². The minimum Gasteiger partial charge on any atom is -0.458 e. The SMILES string of the molecule is COC1[C@@H](C)CO[C@H](O[C@H]2CC[C@@]3(C)C(CCC4C3CC[C@]3(C)[C@@H](C5=CC(=O)OC5)CC[C@]43O)C2)[C@H]1OC. The Balaban J connectivity index is 1.15. The number of esters is 1. The van der Waals surface area contributed by atoms with Crippen molar-refractivity contribution in [2.45, 2.75) is 109 Å². The maximum absolute atomic E-state index is 12.4. The van der Waals surface area contributed by atoms with Gasteiger partial charge >= 0.3 is 5.97 Å². The highest BCUT2D eigenvalue weighted by Crippen LogP contribution is 2.70. The van der Waals surface area contributed by atoms with Gasteiger partial charge in [-0.25, -0.2) is 4.79 Å². The van der Waals surface area contributed by atoms with Crippen LogP contribution in [0.1, 0.15) is 78.6 Å². The zero-order valence-electron chi connectivity index (χ0n) is 23.9. The summed E-state index contributed by atoms with van der Waals surface area (Å²) in [5.41, 5.74) is 0.484. The number of rotatable bonds is 5. The van der Waals surface area contributed by atoms with Gasteiger partial charge in [-0.15, -0.1) is 0 Å². The third kappa shape index (κ3) is 3.97. The van der Waals surface area contributed by atoms with Gasteiger partial charge in [0.2, 0.25) is 0 Å². The van der Waals surface area contributed by atoms with Gasteiger partial charge in [-0.05, 0) is 92.4 Å². The van der Waals surface area contributed by atoms with Crippen LogP contribution < -0.4 is 0 Å². The molecule has 5 fully saturated rings. The average Bonchev–Trinajstić information content (AvgIpc) is 3.44. The number of cyclic esters (lactones) is 1. The number of hydrogen-bond acceptors (Lipinski definition) is 7. The Labute approximate surface area is 227 Å². The average molecular weight is 533 g/mol. The molecule has 0 radical (unpaired) electrons. The third-order valence-corrected chi connectivity index (χ3v) is 12.5. The molecule has 4 aliphatic carbocycles. The predicted molar refractivity (Wildman–Crippen MR) is 141 cm³/mol. The van der Waals surface area contributed by atoms with Crippen molar-refractivity contribution in [1.29, 1.82) is 0 Å². The number of aliphatic hydroxyl groups is 1. The fourth-order valence-electron chi connectivity index (χ4n) is 10.3. The number of carbonyl (C=O) groups excluding carboxylic acids is 1. The molecule has 7 nitrogen and oxygen atoms in total. The van der Waals surface area contributed by atoms with Crippen molar-refractivity contribution in [1.82, 2.24) is 0 Å². The number of ether oxygens (including phenoxy) is 5. The van der Waals surface area contributed by atoms with Crippen LogP contribution in [0.4, 0.5) is 0 Å². The van der Waals surface area contributed by atoms with E-state index >= 15 is 0 Å². The molecule has 6 rings (SSSR count). The van der Waals surface area contributed by atoms with Gasteiger partial charge in [0.05, 0.1) is 24.4 Å². The Morgan fingerprint density at radius 2 is 1.76 bits per heavy atom. The smallest absolute Gasteiger partial charge is 0.331 e. The van der Waals surface area contributed by atoms with Crippen LogP contribution in [0.2, 0.25) is 0 Å². The molecule has 214 valence electrons. The fraction of sp³-hybridized carbons (Fsp3) is 0.903. The Morgan fingerprint density at radius 3 is 2.47 bits per heavy atom. The summed E-state index contributed by atoms with van der Waals surface area (Å²) in [6, 6.07) is 0. The van der Waals surface area contributed by atoms with E-state index in [9.17, 15) is 9.90 Å². The van der Waals surface area contributed by atoms with E-state index in [2.05, 4.69) is 20.8 Å². The van der Waals surface area contributed by atoms with Crippen molar-refractivity contribution < 1.29 is 33.6 Å². The Bertz CT molecular complexity index is 951. The zero-order valence-corrected chi connectivity index (χ0v) is 23.9. The van der Waals surface area contributed by atoms with Gasteiger partial charge in [0.1, 0.15) is 12.7 Å². The van der Waals surface area contributed by atoms with Gasteiger partial charge in [-0.3, -0.25) is 0 Å². The fourth-order valence-corrected chi connectivity index (χ4v) is 10.3. The lowest BCUT2D eigenvalue weighted by molar-refractivity contribution is -0.289. The van der Waals surface area contributed by atoms with Gasteiger partial charge in [0.15, 0.2) is 6.29 Å². The number of hydrogen-bond donors (Lipinski definition) is 1. The molecular weight excluding hydrogens is 484 g/mol. The summed E-state index contributed by atoms with van der Waals surface area (Å²) < 4.78 is 29.5. The summed E-state index contributed by atoms with van der Waals surface area (Å²) in [6.07, 6.45) is 10.6. The van der Waals surface area contributed by atoms with Crippen molar-refractivity contribution in [2.24, 2.45) is 40.4 Å². The molecule has 6 aliphatic rings. The first-order valence-electron chi connectivity index (χ1n) is 15.1. The van der Waals surface area contributed by atoms with Crippen LogP contribution in [0.3, 0.4) is 0 Å². The highest BCUT2D eigenvalue weighted by Gasteiger charge is 2.67. The highest BCUT2D eigenvalue weighted by molar-refractivity contribution is 5.85. The first kappa shape index (κ1) is 27.2. The van der Waals surface area contributed by atoms with Crippen molar-refractivity contribution in [3.8, 4) is 0 Å². The van der Waals surface area contributed by atoms with Gasteiger partial charge in [0, 0.05) is 31.6 Å². The molecule has 0 spiro atoms. The maximum atomic E-state index is 12.4. The first-order chi connectivity index (χ1) is 18.1. The van der Waals surface area contributed by atoms with Crippen molar-refractivity contribution >= 4 is 5.97 Å². The van der Waals surface area contributed by atoms with E-state index in [1.807, 2.05) is 0 Å². The minimum atomic E-state index is -0.665. The van der Waals surface area contributed by atoms with Crippen molar-refractivity contribution in [3.63, 3.8) is 0 Å². The molecule has 7 heteroatoms. The summed E-state index contributed by atoms with van der Waals surface area (Å²) in [4.78, 5) is 11.8. The Hall–Kier alpha value is -0.990. The molecule has 4 unspecified atom stereocenters. The zero-order chi connectivity index (χ0) is 26.9. The molecule has 12 atom stereocenters. The van der Waals surface area contributed by atoms with Crippen LogP contribution in [0.25, 0.3) is 0 Å². The second kappa shape index (κ2) is 9.83. The molecule has 2 heterocycles. The minimum absolute atomic E-state index is 0.0275. The summed E-state index contributed by atoms with van der Waals surface area (Å²) >= 11 is 0. The molecule has 1 saturated heterocycles. The van der Waals surface area contributed by atoms with Gasteiger partial charge in [-0.2, -0.15) is 0 Å². The van der Waals surface area contributed by atoms with E-state index in [1.165, 1.54) is 0 Å². The topological polar surface area (TPSA) is 83.5 Å². The molecule has 0 aromatic rings. The van der Waals surface area contributed by atoms with Crippen LogP contribution in [0, 0.1) is 40.4 Å². The van der Waals surface area contributed by atoms with Gasteiger partial charge < -0.3 is 28.8 Å². The molecule has 1 N–H and O–H groups in total. The highest BCUT2D eigenvalue weighted by atomic mass is 16.7. The lowest BCUT2D eigenvalue weighted by Gasteiger charge is -2.64. The molecule has 0 bridgehead atoms. The summed E-state index contributed by atoms with van der Waals surface area (Å²) in [7, 11) is 3.46. The lowest BCUT2D eigenvalue weighted by Crippen LogP contribution is -2.62. The summed E-state index contributed by atoms with van der Waals surface area (Å²) in [5, 5.41) is 12.4. The number of carbonyl (C=O) groups is 1. The second-order valence-electron chi connectivity index (χ2n) is 13.9. The van der Waals surface area contributed by atoms with Crippen molar-refractivity contribution in [3.05, 3.63) is 11.6 Å². The lowest BCUT2D eigenvalue weighted by atomic mass is 9.43. The molecule has 2 aliphatic heterocycles. The molecule has 38 heavy (non-hydrogen) atoms. The Morgan fingerprint density at radius 1 is 0.974 bits per heavy atom. The van der Waals surface area contributed by atoms with E-state index < -0.39 is 5.60 Å². The van der Waals surface area contributed by atoms with E-state index in [-0.39, 0.29) is 53.2 Å². The second-order valence-corrected chi connectivity index (χ2v) is 13.9. The first-order valence-corrected chi connectivity index (χ1v) is 15.1. The van der Waals surface area contributed by atoms with E-state index in [4.69, 9.17) is 23.7 Å². The number of methoxy groups -OCH3 is 2. The van der Waals surface area contributed by atoms with E-state index in [0.29, 0.717) is 31.0 Å². The standard InChI is InChI=1S/C31H48O7/c1-18-16-37-28(27(35-5)26(18)34-4)38-21-8-11-29(2)20(15-21)6-7-24-23(29)9-12-30(3)22(10-13-31(24,30)33)19-14-25(32)36-17-19/h14,18,20-24,26-28,33H,6-13,15-17H2,1-5H3/t18-,20?,21-,22+,23?,24?,26?,27-,28+,29-,30+,31-/m0/s1. The number of fused-ring (bicyclic) bond motifs is 5. The van der Waals surface area contributed by atoms with Gasteiger partial charge in [0.25, 0.3) is 0 Å². The predicted octanol–water partition coefficient (Wildman–Crippen LogP) is 4.65. The summed E-state index contributed by atoms with van der Waals surface area (Å²) in [6.45, 7) is 7.97.